The molecule has 0 unspecified atom stereocenters. The normalized spacial score (nSPS) is 10.9. The molecule has 0 aliphatic rings. The van der Waals surface area contributed by atoms with E-state index in [1.807, 2.05) is 48.7 Å². The van der Waals surface area contributed by atoms with E-state index >= 15 is 0 Å². The van der Waals surface area contributed by atoms with Crippen LogP contribution < -0.4 is 4.74 Å². The number of hydrogen-bond donors (Lipinski definition) is 1. The number of ether oxygens (including phenoxy) is 1. The lowest BCUT2D eigenvalue weighted by molar-refractivity contribution is 0.340. The summed E-state index contributed by atoms with van der Waals surface area (Å²) in [7, 11) is 0. The molecule has 1 N–H and O–H groups in total. The average molecular weight is 285 g/mol. The molecule has 0 radical (unpaired) electrons. The number of aryl methyl sites for hydroxylation is 1. The number of nitrogens with zero attached hydrogens (tertiary/aromatic N) is 2. The Hall–Kier alpha value is -2.14. The number of imidazole rings is 1. The molecule has 2 aromatic heterocycles. The number of hydrogen-bond acceptors (Lipinski definition) is 3. The van der Waals surface area contributed by atoms with E-state index in [2.05, 4.69) is 9.97 Å². The van der Waals surface area contributed by atoms with Gasteiger partial charge in [0.1, 0.15) is 5.75 Å². The summed E-state index contributed by atoms with van der Waals surface area (Å²) in [5, 5.41) is 0. The van der Waals surface area contributed by atoms with Crippen LogP contribution in [0.25, 0.3) is 16.9 Å². The molecule has 102 valence electrons. The van der Waals surface area contributed by atoms with Crippen LogP contribution in [0.15, 0.2) is 36.5 Å². The first-order valence-corrected chi connectivity index (χ1v) is 6.91. The molecule has 0 aliphatic carbocycles. The summed E-state index contributed by atoms with van der Waals surface area (Å²) in [5.41, 5.74) is 3.93. The molecule has 3 aromatic rings. The molecule has 2 heterocycles. The van der Waals surface area contributed by atoms with Gasteiger partial charge in [0, 0.05) is 6.20 Å². The van der Waals surface area contributed by atoms with Crippen LogP contribution >= 0.6 is 12.2 Å². The average Bonchev–Trinajstić information content (AvgIpc) is 2.78. The van der Waals surface area contributed by atoms with E-state index < -0.39 is 0 Å². The smallest absolute Gasteiger partial charge is 0.184 e. The second kappa shape index (κ2) is 5.09. The molecular weight excluding hydrogens is 270 g/mol. The number of pyridine rings is 1. The molecule has 0 bridgehead atoms. The number of nitrogens with one attached hydrogen (secondary N) is 1. The SMILES string of the molecule is CCOc1ccc(-n2c(=S)[nH]c3c(C)ccnc32)cc1. The van der Waals surface area contributed by atoms with E-state index in [9.17, 15) is 0 Å². The Morgan fingerprint density at radius 1 is 1.25 bits per heavy atom. The molecule has 4 nitrogen and oxygen atoms in total. The van der Waals surface area contributed by atoms with Gasteiger partial charge in [-0.05, 0) is 62.0 Å². The van der Waals surface area contributed by atoms with Crippen molar-refractivity contribution in [3.63, 3.8) is 0 Å². The highest BCUT2D eigenvalue weighted by Crippen LogP contribution is 2.22. The van der Waals surface area contributed by atoms with Crippen LogP contribution in [0, 0.1) is 11.7 Å². The molecule has 3 rings (SSSR count). The lowest BCUT2D eigenvalue weighted by Gasteiger charge is -2.06. The third-order valence-corrected chi connectivity index (χ3v) is 3.48. The second-order valence-corrected chi connectivity index (χ2v) is 4.91. The zero-order valence-electron chi connectivity index (χ0n) is 11.4. The molecule has 0 aliphatic heterocycles. The number of H-pyrrole nitrogens is 1. The monoisotopic (exact) mass is 285 g/mol. The first-order chi connectivity index (χ1) is 9.70. The van der Waals surface area contributed by atoms with Gasteiger partial charge in [-0.1, -0.05) is 0 Å². The summed E-state index contributed by atoms with van der Waals surface area (Å²) in [6, 6.07) is 9.82. The predicted molar refractivity (Wildman–Crippen MR) is 82.2 cm³/mol. The van der Waals surface area contributed by atoms with Crippen molar-refractivity contribution >= 4 is 23.4 Å². The second-order valence-electron chi connectivity index (χ2n) is 4.52. The van der Waals surface area contributed by atoms with Crippen molar-refractivity contribution < 1.29 is 4.74 Å². The first kappa shape index (κ1) is 12.9. The van der Waals surface area contributed by atoms with Gasteiger partial charge in [-0.15, -0.1) is 0 Å². The van der Waals surface area contributed by atoms with Crippen LogP contribution in [0.3, 0.4) is 0 Å². The minimum atomic E-state index is 0.644. The molecule has 0 saturated carbocycles. The molecule has 0 amide bonds. The molecule has 1 aromatic carbocycles. The number of rotatable bonds is 3. The number of aromatic amines is 1. The lowest BCUT2D eigenvalue weighted by Crippen LogP contribution is -1.96. The molecule has 0 saturated heterocycles. The van der Waals surface area contributed by atoms with Crippen molar-refractivity contribution in [3.8, 4) is 11.4 Å². The number of fused-ring (bicyclic) bond motifs is 1. The predicted octanol–water partition coefficient (Wildman–Crippen LogP) is 3.79. The maximum atomic E-state index is 5.46. The van der Waals surface area contributed by atoms with E-state index in [0.29, 0.717) is 11.4 Å². The van der Waals surface area contributed by atoms with Gasteiger partial charge in [-0.25, -0.2) is 4.98 Å². The van der Waals surface area contributed by atoms with E-state index in [1.165, 1.54) is 0 Å². The summed E-state index contributed by atoms with van der Waals surface area (Å²) >= 11 is 5.41. The molecule has 20 heavy (non-hydrogen) atoms. The fourth-order valence-electron chi connectivity index (χ4n) is 2.22. The zero-order chi connectivity index (χ0) is 14.1. The third-order valence-electron chi connectivity index (χ3n) is 3.19. The van der Waals surface area contributed by atoms with Gasteiger partial charge in [0.05, 0.1) is 17.8 Å². The Kier molecular flexibility index (Phi) is 3.28. The lowest BCUT2D eigenvalue weighted by atomic mass is 10.2. The Labute approximate surface area is 122 Å². The summed E-state index contributed by atoms with van der Waals surface area (Å²) in [6.45, 7) is 4.67. The van der Waals surface area contributed by atoms with Crippen LogP contribution in [-0.4, -0.2) is 21.1 Å². The van der Waals surface area contributed by atoms with Gasteiger partial charge < -0.3 is 9.72 Å². The highest BCUT2D eigenvalue weighted by molar-refractivity contribution is 7.71. The maximum absolute atomic E-state index is 5.46. The van der Waals surface area contributed by atoms with Crippen molar-refractivity contribution in [1.29, 1.82) is 0 Å². The number of aromatic nitrogens is 3. The minimum absolute atomic E-state index is 0.644. The Bertz CT molecular complexity index is 802. The maximum Gasteiger partial charge on any atom is 0.184 e. The Morgan fingerprint density at radius 3 is 2.70 bits per heavy atom. The molecule has 5 heteroatoms. The molecular formula is C15H15N3OS. The highest BCUT2D eigenvalue weighted by atomic mass is 32.1. The molecule has 0 fully saturated rings. The van der Waals surface area contributed by atoms with Gasteiger partial charge in [0.15, 0.2) is 10.4 Å². The van der Waals surface area contributed by atoms with Crippen molar-refractivity contribution in [3.05, 3.63) is 46.9 Å². The minimum Gasteiger partial charge on any atom is -0.494 e. The summed E-state index contributed by atoms with van der Waals surface area (Å²) in [6.07, 6.45) is 1.80. The summed E-state index contributed by atoms with van der Waals surface area (Å²) < 4.78 is 8.04. The number of benzene rings is 1. The van der Waals surface area contributed by atoms with E-state index in [1.54, 1.807) is 6.20 Å². The van der Waals surface area contributed by atoms with E-state index in [0.717, 1.165) is 28.2 Å². The summed E-state index contributed by atoms with van der Waals surface area (Å²) in [5.74, 6) is 0.853. The fourth-order valence-corrected chi connectivity index (χ4v) is 2.52. The fraction of sp³-hybridized carbons (Fsp3) is 0.200. The first-order valence-electron chi connectivity index (χ1n) is 6.50. The van der Waals surface area contributed by atoms with Crippen molar-refractivity contribution in [2.75, 3.05) is 6.61 Å². The van der Waals surface area contributed by atoms with Crippen LogP contribution in [0.2, 0.25) is 0 Å². The topological polar surface area (TPSA) is 42.8 Å². The van der Waals surface area contributed by atoms with Gasteiger partial charge in [-0.2, -0.15) is 0 Å². The quantitative estimate of drug-likeness (QED) is 0.744. The van der Waals surface area contributed by atoms with Crippen molar-refractivity contribution in [2.24, 2.45) is 0 Å². The van der Waals surface area contributed by atoms with Gasteiger partial charge in [0.25, 0.3) is 0 Å². The van der Waals surface area contributed by atoms with Gasteiger partial charge in [-0.3, -0.25) is 4.57 Å². The van der Waals surface area contributed by atoms with Crippen LogP contribution in [0.5, 0.6) is 5.75 Å². The van der Waals surface area contributed by atoms with Crippen LogP contribution in [0.1, 0.15) is 12.5 Å². The van der Waals surface area contributed by atoms with E-state index in [-0.39, 0.29) is 0 Å². The molecule has 0 atom stereocenters. The van der Waals surface area contributed by atoms with E-state index in [4.69, 9.17) is 17.0 Å². The third kappa shape index (κ3) is 2.10. The van der Waals surface area contributed by atoms with Crippen molar-refractivity contribution in [2.45, 2.75) is 13.8 Å². The summed E-state index contributed by atoms with van der Waals surface area (Å²) in [4.78, 5) is 7.65. The Morgan fingerprint density at radius 2 is 2.00 bits per heavy atom. The molecule has 0 spiro atoms. The Balaban J connectivity index is 2.16. The van der Waals surface area contributed by atoms with Gasteiger partial charge in [0.2, 0.25) is 0 Å². The standard InChI is InChI=1S/C15H15N3OS/c1-3-19-12-6-4-11(5-7-12)18-14-13(17-15(18)20)10(2)8-9-16-14/h4-9H,3H2,1-2H3,(H,17,20). The van der Waals surface area contributed by atoms with Crippen molar-refractivity contribution in [1.82, 2.24) is 14.5 Å². The van der Waals surface area contributed by atoms with Crippen LogP contribution in [0.4, 0.5) is 0 Å². The van der Waals surface area contributed by atoms with Crippen LogP contribution in [-0.2, 0) is 0 Å². The largest absolute Gasteiger partial charge is 0.494 e. The zero-order valence-corrected chi connectivity index (χ0v) is 12.2. The highest BCUT2D eigenvalue weighted by Gasteiger charge is 2.09. The van der Waals surface area contributed by atoms with Gasteiger partial charge >= 0.3 is 0 Å².